The van der Waals surface area contributed by atoms with Gasteiger partial charge in [-0.05, 0) is 51.0 Å². The molecule has 1 aromatic heterocycles. The maximum absolute atomic E-state index is 12.8. The third-order valence-corrected chi connectivity index (χ3v) is 4.32. The Bertz CT molecular complexity index is 781. The number of aryl methyl sites for hydroxylation is 1. The molecule has 0 amide bonds. The molecule has 24 heavy (non-hydrogen) atoms. The Morgan fingerprint density at radius 2 is 2.17 bits per heavy atom. The number of nitrogens with zero attached hydrogens (tertiary/aromatic N) is 2. The third kappa shape index (κ3) is 3.28. The van der Waals surface area contributed by atoms with Gasteiger partial charge in [0.1, 0.15) is 5.75 Å². The molecule has 6 heteroatoms. The number of ether oxygens (including phenoxy) is 2. The van der Waals surface area contributed by atoms with Crippen LogP contribution in [-0.4, -0.2) is 41.9 Å². The van der Waals surface area contributed by atoms with Gasteiger partial charge in [0.25, 0.3) is 5.56 Å². The molecule has 1 atom stereocenters. The van der Waals surface area contributed by atoms with Crippen molar-refractivity contribution in [1.29, 1.82) is 0 Å². The van der Waals surface area contributed by atoms with Gasteiger partial charge in [-0.3, -0.25) is 14.9 Å². The first kappa shape index (κ1) is 16.5. The normalized spacial score (nSPS) is 18.1. The Morgan fingerprint density at radius 1 is 1.42 bits per heavy atom. The number of rotatable bonds is 5. The van der Waals surface area contributed by atoms with Crippen molar-refractivity contribution in [3.8, 4) is 11.4 Å². The molecule has 128 valence electrons. The summed E-state index contributed by atoms with van der Waals surface area (Å²) in [5.74, 6) is 0.754. The molecule has 0 saturated carbocycles. The number of aromatic nitrogens is 2. The van der Waals surface area contributed by atoms with Crippen molar-refractivity contribution in [1.82, 2.24) is 9.78 Å². The van der Waals surface area contributed by atoms with Crippen molar-refractivity contribution >= 4 is 5.71 Å². The summed E-state index contributed by atoms with van der Waals surface area (Å²) >= 11 is 0. The molecular formula is C18H23N3O3. The van der Waals surface area contributed by atoms with E-state index in [-0.39, 0.29) is 11.7 Å². The minimum Gasteiger partial charge on any atom is -0.497 e. The van der Waals surface area contributed by atoms with Gasteiger partial charge in [0.15, 0.2) is 0 Å². The van der Waals surface area contributed by atoms with Gasteiger partial charge in [0.2, 0.25) is 0 Å². The predicted octanol–water partition coefficient (Wildman–Crippen LogP) is 2.47. The van der Waals surface area contributed by atoms with Crippen molar-refractivity contribution in [3.05, 3.63) is 45.9 Å². The molecule has 0 bridgehead atoms. The Morgan fingerprint density at radius 3 is 2.79 bits per heavy atom. The zero-order chi connectivity index (χ0) is 17.1. The predicted molar refractivity (Wildman–Crippen MR) is 93.7 cm³/mol. The number of aromatic amines is 1. The highest BCUT2D eigenvalue weighted by Gasteiger charge is 2.17. The molecule has 1 aromatic carbocycles. The summed E-state index contributed by atoms with van der Waals surface area (Å²) in [7, 11) is 1.62. The quantitative estimate of drug-likeness (QED) is 0.857. The lowest BCUT2D eigenvalue weighted by Crippen LogP contribution is -2.20. The molecule has 1 aliphatic heterocycles. The molecule has 2 aromatic rings. The number of hydrogen-bond acceptors (Lipinski definition) is 4. The van der Waals surface area contributed by atoms with E-state index in [1.54, 1.807) is 7.11 Å². The fourth-order valence-electron chi connectivity index (χ4n) is 2.99. The van der Waals surface area contributed by atoms with Crippen LogP contribution in [0.15, 0.2) is 34.1 Å². The van der Waals surface area contributed by atoms with Crippen molar-refractivity contribution in [3.63, 3.8) is 0 Å². The Kier molecular flexibility index (Phi) is 4.85. The summed E-state index contributed by atoms with van der Waals surface area (Å²) in [5.41, 5.74) is 2.86. The number of nitrogens with one attached hydrogen (secondary N) is 1. The molecular weight excluding hydrogens is 306 g/mol. The van der Waals surface area contributed by atoms with Crippen molar-refractivity contribution in [2.24, 2.45) is 4.99 Å². The number of hydrogen-bond donors (Lipinski definition) is 1. The van der Waals surface area contributed by atoms with Gasteiger partial charge < -0.3 is 9.47 Å². The Hall–Kier alpha value is -2.34. The summed E-state index contributed by atoms with van der Waals surface area (Å²) in [6.45, 7) is 5.19. The van der Waals surface area contributed by atoms with Crippen LogP contribution in [0.4, 0.5) is 0 Å². The van der Waals surface area contributed by atoms with E-state index in [0.717, 1.165) is 42.3 Å². The van der Waals surface area contributed by atoms with E-state index < -0.39 is 0 Å². The maximum atomic E-state index is 12.8. The Labute approximate surface area is 141 Å². The lowest BCUT2D eigenvalue weighted by molar-refractivity contribution is 0.118. The molecule has 6 nitrogen and oxygen atoms in total. The van der Waals surface area contributed by atoms with Crippen molar-refractivity contribution in [2.45, 2.75) is 32.8 Å². The zero-order valence-electron chi connectivity index (χ0n) is 14.3. The SMILES string of the molecule is COc1ccc(-n2[nH]c(C)c(C(C)=NC[C@@H]3CCCO3)c2=O)cc1. The molecule has 3 rings (SSSR count). The molecule has 1 aliphatic rings. The average molecular weight is 329 g/mol. The maximum Gasteiger partial charge on any atom is 0.280 e. The van der Waals surface area contributed by atoms with Crippen LogP contribution in [0.3, 0.4) is 0 Å². The van der Waals surface area contributed by atoms with E-state index >= 15 is 0 Å². The van der Waals surface area contributed by atoms with E-state index in [0.29, 0.717) is 12.1 Å². The fourth-order valence-corrected chi connectivity index (χ4v) is 2.99. The average Bonchev–Trinajstić information content (AvgIpc) is 3.21. The molecule has 1 fully saturated rings. The van der Waals surface area contributed by atoms with E-state index in [1.165, 1.54) is 4.68 Å². The zero-order valence-corrected chi connectivity index (χ0v) is 14.3. The highest BCUT2D eigenvalue weighted by atomic mass is 16.5. The number of methoxy groups -OCH3 is 1. The van der Waals surface area contributed by atoms with Crippen LogP contribution in [-0.2, 0) is 4.74 Å². The smallest absolute Gasteiger partial charge is 0.280 e. The second-order valence-corrected chi connectivity index (χ2v) is 6.01. The standard InChI is InChI=1S/C18H23N3O3/c1-12(19-11-16-5-4-10-24-16)17-13(2)20-21(18(17)22)14-6-8-15(23-3)9-7-14/h6-9,16,20H,4-5,10-11H2,1-3H3/t16-/m0/s1. The van der Waals surface area contributed by atoms with Crippen LogP contribution in [0.5, 0.6) is 5.75 Å². The topological polar surface area (TPSA) is 68.6 Å². The molecule has 1 N–H and O–H groups in total. The van der Waals surface area contributed by atoms with Gasteiger partial charge in [0, 0.05) is 18.0 Å². The van der Waals surface area contributed by atoms with Gasteiger partial charge in [-0.1, -0.05) is 0 Å². The van der Waals surface area contributed by atoms with Gasteiger partial charge in [0.05, 0.1) is 31.0 Å². The first-order valence-corrected chi connectivity index (χ1v) is 8.19. The summed E-state index contributed by atoms with van der Waals surface area (Å²) in [6.07, 6.45) is 2.31. The van der Waals surface area contributed by atoms with Gasteiger partial charge in [-0.15, -0.1) is 0 Å². The van der Waals surface area contributed by atoms with Crippen LogP contribution < -0.4 is 10.3 Å². The molecule has 1 saturated heterocycles. The Balaban J connectivity index is 1.87. The van der Waals surface area contributed by atoms with Crippen LogP contribution in [0.2, 0.25) is 0 Å². The largest absolute Gasteiger partial charge is 0.497 e. The van der Waals surface area contributed by atoms with Gasteiger partial charge in [-0.25, -0.2) is 4.68 Å². The third-order valence-electron chi connectivity index (χ3n) is 4.32. The first-order chi connectivity index (χ1) is 11.6. The fraction of sp³-hybridized carbons (Fsp3) is 0.444. The lowest BCUT2D eigenvalue weighted by Gasteiger charge is -2.06. The molecule has 0 aliphatic carbocycles. The van der Waals surface area contributed by atoms with E-state index in [9.17, 15) is 4.79 Å². The van der Waals surface area contributed by atoms with Crippen molar-refractivity contribution < 1.29 is 9.47 Å². The van der Waals surface area contributed by atoms with E-state index in [1.807, 2.05) is 38.1 Å². The molecule has 0 radical (unpaired) electrons. The van der Waals surface area contributed by atoms with Crippen LogP contribution in [0.1, 0.15) is 31.0 Å². The second-order valence-electron chi connectivity index (χ2n) is 6.01. The van der Waals surface area contributed by atoms with Crippen LogP contribution >= 0.6 is 0 Å². The molecule has 2 heterocycles. The number of H-pyrrole nitrogens is 1. The summed E-state index contributed by atoms with van der Waals surface area (Å²) in [6, 6.07) is 7.35. The summed E-state index contributed by atoms with van der Waals surface area (Å²) in [4.78, 5) is 17.3. The van der Waals surface area contributed by atoms with Gasteiger partial charge in [-0.2, -0.15) is 0 Å². The number of aliphatic imine (C=N–C) groups is 1. The summed E-state index contributed by atoms with van der Waals surface area (Å²) in [5, 5.41) is 3.13. The molecule has 0 spiro atoms. The highest BCUT2D eigenvalue weighted by Crippen LogP contribution is 2.15. The number of benzene rings is 1. The monoisotopic (exact) mass is 329 g/mol. The first-order valence-electron chi connectivity index (χ1n) is 8.19. The highest BCUT2D eigenvalue weighted by molar-refractivity contribution is 5.99. The minimum atomic E-state index is -0.0914. The minimum absolute atomic E-state index is 0.0914. The van der Waals surface area contributed by atoms with Crippen molar-refractivity contribution in [2.75, 3.05) is 20.3 Å². The van der Waals surface area contributed by atoms with E-state index in [4.69, 9.17) is 9.47 Å². The van der Waals surface area contributed by atoms with E-state index in [2.05, 4.69) is 10.1 Å². The summed E-state index contributed by atoms with van der Waals surface area (Å²) < 4.78 is 12.3. The molecule has 0 unspecified atom stereocenters. The van der Waals surface area contributed by atoms with Crippen LogP contribution in [0, 0.1) is 6.92 Å². The second kappa shape index (κ2) is 7.05. The van der Waals surface area contributed by atoms with Crippen LogP contribution in [0.25, 0.3) is 5.69 Å². The van der Waals surface area contributed by atoms with Gasteiger partial charge >= 0.3 is 0 Å². The lowest BCUT2D eigenvalue weighted by atomic mass is 10.1.